The Bertz CT molecular complexity index is 423. The molecular weight excluding hydrogens is 244 g/mol. The van der Waals surface area contributed by atoms with Gasteiger partial charge in [0.25, 0.3) is 5.69 Å². The SMILES string of the molecule is CC([S])NC(=O)OCc1ccccc1[N+](=O)[O-]. The van der Waals surface area contributed by atoms with Gasteiger partial charge in [-0.05, 0) is 13.0 Å². The first-order chi connectivity index (χ1) is 8.00. The van der Waals surface area contributed by atoms with Crippen LogP contribution in [0.5, 0.6) is 0 Å². The third kappa shape index (κ3) is 4.31. The van der Waals surface area contributed by atoms with Gasteiger partial charge in [-0.1, -0.05) is 24.8 Å². The maximum atomic E-state index is 11.1. The summed E-state index contributed by atoms with van der Waals surface area (Å²) in [7, 11) is 0. The maximum Gasteiger partial charge on any atom is 0.408 e. The van der Waals surface area contributed by atoms with E-state index < -0.39 is 16.4 Å². The summed E-state index contributed by atoms with van der Waals surface area (Å²) < 4.78 is 4.81. The van der Waals surface area contributed by atoms with Crippen LogP contribution in [0.2, 0.25) is 0 Å². The highest BCUT2D eigenvalue weighted by Crippen LogP contribution is 2.18. The standard InChI is InChI=1S/C10H11N2O4S/c1-7(17)11-10(13)16-6-8-4-2-3-5-9(8)12(14)15/h2-5,7H,6H2,1H3,(H,11,13). The lowest BCUT2D eigenvalue weighted by atomic mass is 10.2. The Hall–Kier alpha value is -1.76. The van der Waals surface area contributed by atoms with E-state index in [1.54, 1.807) is 19.1 Å². The van der Waals surface area contributed by atoms with Crippen molar-refractivity contribution in [2.75, 3.05) is 0 Å². The molecule has 1 radical (unpaired) electrons. The monoisotopic (exact) mass is 255 g/mol. The van der Waals surface area contributed by atoms with Gasteiger partial charge < -0.3 is 10.1 Å². The van der Waals surface area contributed by atoms with Crippen molar-refractivity contribution in [3.8, 4) is 0 Å². The highest BCUT2D eigenvalue weighted by molar-refractivity contribution is 7.80. The van der Waals surface area contributed by atoms with Crippen molar-refractivity contribution in [3.05, 3.63) is 39.9 Å². The van der Waals surface area contributed by atoms with E-state index in [1.807, 2.05) is 0 Å². The number of hydrogen-bond donors (Lipinski definition) is 1. The number of ether oxygens (including phenoxy) is 1. The summed E-state index contributed by atoms with van der Waals surface area (Å²) in [5.74, 6) is 0. The van der Waals surface area contributed by atoms with Gasteiger partial charge >= 0.3 is 6.09 Å². The summed E-state index contributed by atoms with van der Waals surface area (Å²) in [6.45, 7) is 1.45. The number of carbonyl (C=O) groups excluding carboxylic acids is 1. The van der Waals surface area contributed by atoms with Crippen molar-refractivity contribution in [1.82, 2.24) is 5.32 Å². The normalized spacial score (nSPS) is 11.6. The summed E-state index contributed by atoms with van der Waals surface area (Å²) >= 11 is 4.73. The van der Waals surface area contributed by atoms with Gasteiger partial charge in [0.2, 0.25) is 0 Å². The van der Waals surface area contributed by atoms with Gasteiger partial charge in [-0.3, -0.25) is 10.1 Å². The predicted molar refractivity (Wildman–Crippen MR) is 63.5 cm³/mol. The summed E-state index contributed by atoms with van der Waals surface area (Å²) in [6, 6.07) is 6.07. The zero-order valence-corrected chi connectivity index (χ0v) is 9.90. The van der Waals surface area contributed by atoms with Crippen LogP contribution in [0.3, 0.4) is 0 Å². The van der Waals surface area contributed by atoms with Gasteiger partial charge in [-0.25, -0.2) is 4.79 Å². The molecule has 1 amide bonds. The van der Waals surface area contributed by atoms with Gasteiger partial charge in [-0.15, -0.1) is 0 Å². The summed E-state index contributed by atoms with van der Waals surface area (Å²) in [4.78, 5) is 21.3. The largest absolute Gasteiger partial charge is 0.444 e. The first-order valence-electron chi connectivity index (χ1n) is 4.82. The highest BCUT2D eigenvalue weighted by Gasteiger charge is 2.14. The molecule has 0 saturated carbocycles. The summed E-state index contributed by atoms with van der Waals surface area (Å²) in [5, 5.41) is 12.6. The Morgan fingerprint density at radius 3 is 2.82 bits per heavy atom. The molecule has 0 fully saturated rings. The lowest BCUT2D eigenvalue weighted by Gasteiger charge is -2.08. The van der Waals surface area contributed by atoms with Crippen LogP contribution in [0, 0.1) is 10.1 Å². The lowest BCUT2D eigenvalue weighted by Crippen LogP contribution is -2.29. The first-order valence-corrected chi connectivity index (χ1v) is 5.29. The minimum Gasteiger partial charge on any atom is -0.444 e. The molecule has 0 aromatic heterocycles. The summed E-state index contributed by atoms with van der Waals surface area (Å²) in [5.41, 5.74) is 0.261. The van der Waals surface area contributed by atoms with Crippen LogP contribution < -0.4 is 5.32 Å². The molecule has 0 spiro atoms. The molecule has 6 nitrogen and oxygen atoms in total. The van der Waals surface area contributed by atoms with Crippen molar-refractivity contribution >= 4 is 24.4 Å². The van der Waals surface area contributed by atoms with E-state index in [0.717, 1.165) is 0 Å². The Balaban J connectivity index is 2.63. The Morgan fingerprint density at radius 2 is 2.24 bits per heavy atom. The topological polar surface area (TPSA) is 81.5 Å². The number of amides is 1. The molecule has 7 heteroatoms. The number of nitrogens with one attached hydrogen (secondary N) is 1. The van der Waals surface area contributed by atoms with Crippen LogP contribution in [0.1, 0.15) is 12.5 Å². The number of nitrogens with zero attached hydrogens (tertiary/aromatic N) is 1. The molecule has 1 rings (SSSR count). The van der Waals surface area contributed by atoms with Crippen molar-refractivity contribution in [3.63, 3.8) is 0 Å². The molecule has 0 saturated heterocycles. The van der Waals surface area contributed by atoms with Gasteiger partial charge in [0.15, 0.2) is 0 Å². The third-order valence-electron chi connectivity index (χ3n) is 1.87. The molecule has 91 valence electrons. The zero-order valence-electron chi connectivity index (χ0n) is 9.08. The molecule has 1 aromatic rings. The maximum absolute atomic E-state index is 11.1. The number of nitro benzene ring substituents is 1. The van der Waals surface area contributed by atoms with Crippen LogP contribution in [-0.4, -0.2) is 16.4 Å². The molecule has 0 aliphatic rings. The Labute approximate surface area is 104 Å². The molecule has 0 aliphatic heterocycles. The fourth-order valence-corrected chi connectivity index (χ4v) is 1.26. The van der Waals surface area contributed by atoms with Crippen LogP contribution >= 0.6 is 12.6 Å². The third-order valence-corrected chi connectivity index (χ3v) is 1.99. The van der Waals surface area contributed by atoms with E-state index in [4.69, 9.17) is 17.4 Å². The van der Waals surface area contributed by atoms with Crippen LogP contribution in [0.15, 0.2) is 24.3 Å². The lowest BCUT2D eigenvalue weighted by molar-refractivity contribution is -0.385. The van der Waals surface area contributed by atoms with Crippen LogP contribution in [0.25, 0.3) is 0 Å². The number of benzene rings is 1. The van der Waals surface area contributed by atoms with Gasteiger partial charge in [0.05, 0.1) is 15.9 Å². The van der Waals surface area contributed by atoms with Crippen molar-refractivity contribution in [2.45, 2.75) is 18.9 Å². The second kappa shape index (κ2) is 6.09. The van der Waals surface area contributed by atoms with E-state index in [9.17, 15) is 14.9 Å². The highest BCUT2D eigenvalue weighted by atomic mass is 32.1. The fourth-order valence-electron chi connectivity index (χ4n) is 1.16. The van der Waals surface area contributed by atoms with E-state index in [0.29, 0.717) is 5.56 Å². The molecule has 0 heterocycles. The average Bonchev–Trinajstić information content (AvgIpc) is 2.25. The zero-order chi connectivity index (χ0) is 12.8. The molecule has 1 N–H and O–H groups in total. The number of para-hydroxylation sites is 1. The minimum atomic E-state index is -0.689. The molecule has 1 atom stereocenters. The number of nitro groups is 1. The fraction of sp³-hybridized carbons (Fsp3) is 0.300. The van der Waals surface area contributed by atoms with E-state index in [1.165, 1.54) is 12.1 Å². The van der Waals surface area contributed by atoms with Gasteiger partial charge in [0.1, 0.15) is 6.61 Å². The quantitative estimate of drug-likeness (QED) is 0.661. The van der Waals surface area contributed by atoms with E-state index in [2.05, 4.69) is 5.32 Å². The van der Waals surface area contributed by atoms with Crippen molar-refractivity contribution in [2.24, 2.45) is 0 Å². The molecule has 1 aromatic carbocycles. The Morgan fingerprint density at radius 1 is 1.59 bits per heavy atom. The van der Waals surface area contributed by atoms with E-state index in [-0.39, 0.29) is 12.3 Å². The second-order valence-corrected chi connectivity index (χ2v) is 3.96. The van der Waals surface area contributed by atoms with E-state index >= 15 is 0 Å². The van der Waals surface area contributed by atoms with Gasteiger partial charge in [0, 0.05) is 6.07 Å². The van der Waals surface area contributed by atoms with Crippen molar-refractivity contribution in [1.29, 1.82) is 0 Å². The summed E-state index contributed by atoms with van der Waals surface area (Å²) in [6.07, 6.45) is -0.689. The Kier molecular flexibility index (Phi) is 4.77. The number of alkyl carbamates (subject to hydrolysis) is 1. The first kappa shape index (κ1) is 13.3. The predicted octanol–water partition coefficient (Wildman–Crippen LogP) is 2.36. The molecule has 1 unspecified atom stereocenters. The average molecular weight is 255 g/mol. The van der Waals surface area contributed by atoms with Crippen LogP contribution in [-0.2, 0) is 11.3 Å². The molecule has 0 aliphatic carbocycles. The van der Waals surface area contributed by atoms with Crippen molar-refractivity contribution < 1.29 is 14.5 Å². The molecular formula is C10H11N2O4S. The number of hydrogen-bond acceptors (Lipinski definition) is 4. The van der Waals surface area contributed by atoms with Crippen LogP contribution in [0.4, 0.5) is 10.5 Å². The number of rotatable bonds is 4. The molecule has 17 heavy (non-hydrogen) atoms. The minimum absolute atomic E-state index is 0.0771. The number of carbonyl (C=O) groups is 1. The van der Waals surface area contributed by atoms with Gasteiger partial charge in [-0.2, -0.15) is 0 Å². The smallest absolute Gasteiger partial charge is 0.408 e. The molecule has 0 bridgehead atoms. The second-order valence-electron chi connectivity index (χ2n) is 3.25.